The number of benzene rings is 1. The second-order valence-electron chi connectivity index (χ2n) is 7.09. The van der Waals surface area contributed by atoms with Crippen molar-refractivity contribution in [1.82, 2.24) is 9.80 Å². The molecule has 2 aromatic rings. The number of carbonyl (C=O) groups excluding carboxylic acids is 2. The Bertz CT molecular complexity index is 790. The van der Waals surface area contributed by atoms with Crippen molar-refractivity contribution >= 4 is 11.9 Å². The molecule has 142 valence electrons. The van der Waals surface area contributed by atoms with Crippen LogP contribution in [0.3, 0.4) is 0 Å². The summed E-state index contributed by atoms with van der Waals surface area (Å²) in [5.41, 5.74) is 1.12. The molecule has 27 heavy (non-hydrogen) atoms. The fraction of sp³-hybridized carbons (Fsp3) is 0.429. The van der Waals surface area contributed by atoms with E-state index in [4.69, 9.17) is 9.15 Å². The average Bonchev–Trinajstić information content (AvgIpc) is 3.35. The fourth-order valence-electron chi connectivity index (χ4n) is 4.39. The molecule has 2 aliphatic heterocycles. The van der Waals surface area contributed by atoms with Crippen molar-refractivity contribution < 1.29 is 18.7 Å². The summed E-state index contributed by atoms with van der Waals surface area (Å²) in [6.07, 6.45) is 1.52. The Labute approximate surface area is 158 Å². The number of nitrogens with zero attached hydrogens (tertiary/aromatic N) is 2. The van der Waals surface area contributed by atoms with Gasteiger partial charge in [-0.3, -0.25) is 14.5 Å². The molecule has 6 heteroatoms. The zero-order valence-electron chi connectivity index (χ0n) is 15.4. The first kappa shape index (κ1) is 17.8. The predicted molar refractivity (Wildman–Crippen MR) is 99.3 cm³/mol. The number of rotatable bonds is 4. The average molecular weight is 368 g/mol. The van der Waals surface area contributed by atoms with E-state index in [0.29, 0.717) is 32.0 Å². The first-order valence-corrected chi connectivity index (χ1v) is 9.47. The lowest BCUT2D eigenvalue weighted by Crippen LogP contribution is -2.53. The minimum Gasteiger partial charge on any atom is -0.466 e. The van der Waals surface area contributed by atoms with Crippen molar-refractivity contribution in [2.45, 2.75) is 18.9 Å². The molecule has 1 aromatic carbocycles. The number of amides is 1. The first-order valence-electron chi connectivity index (χ1n) is 9.47. The topological polar surface area (TPSA) is 63.0 Å². The summed E-state index contributed by atoms with van der Waals surface area (Å²) >= 11 is 0. The highest BCUT2D eigenvalue weighted by molar-refractivity contribution is 5.91. The number of hydrogen-bond donors (Lipinski definition) is 0. The summed E-state index contributed by atoms with van der Waals surface area (Å²) < 4.78 is 10.6. The minimum absolute atomic E-state index is 0.0115. The molecular formula is C21H24N2O4. The summed E-state index contributed by atoms with van der Waals surface area (Å²) in [7, 11) is 0. The van der Waals surface area contributed by atoms with Gasteiger partial charge in [0, 0.05) is 38.1 Å². The van der Waals surface area contributed by atoms with E-state index < -0.39 is 0 Å². The number of carbonyl (C=O) groups is 2. The summed E-state index contributed by atoms with van der Waals surface area (Å²) in [5, 5.41) is 0. The summed E-state index contributed by atoms with van der Waals surface area (Å²) in [5.74, 6) is -0.0798. The molecule has 0 aliphatic carbocycles. The second-order valence-corrected chi connectivity index (χ2v) is 7.09. The van der Waals surface area contributed by atoms with Gasteiger partial charge in [-0.25, -0.2) is 0 Å². The van der Waals surface area contributed by atoms with Gasteiger partial charge in [-0.1, -0.05) is 30.3 Å². The van der Waals surface area contributed by atoms with Crippen LogP contribution in [0.4, 0.5) is 0 Å². The Morgan fingerprint density at radius 2 is 1.93 bits per heavy atom. The van der Waals surface area contributed by atoms with E-state index in [0.717, 1.165) is 12.1 Å². The Morgan fingerprint density at radius 3 is 2.63 bits per heavy atom. The molecule has 0 unspecified atom stereocenters. The molecular weight excluding hydrogens is 344 g/mol. The van der Waals surface area contributed by atoms with E-state index in [1.807, 2.05) is 30.0 Å². The monoisotopic (exact) mass is 368 g/mol. The van der Waals surface area contributed by atoms with Crippen LogP contribution in [0, 0.1) is 5.92 Å². The Kier molecular flexibility index (Phi) is 4.99. The summed E-state index contributed by atoms with van der Waals surface area (Å²) in [4.78, 5) is 29.5. The molecule has 3 heterocycles. The number of furan rings is 1. The van der Waals surface area contributed by atoms with Gasteiger partial charge in [0.1, 0.15) is 0 Å². The van der Waals surface area contributed by atoms with Gasteiger partial charge in [-0.15, -0.1) is 0 Å². The number of piperazine rings is 1. The quantitative estimate of drug-likeness (QED) is 0.776. The standard InChI is InChI=1S/C21H24N2O4/c1-2-26-21(25)16-13-22-10-11-23(20(24)18-9-6-12-27-18)14-17(22)19(16)15-7-4-3-5-8-15/h3-9,12,16-17,19H,2,10-11,13-14H2,1H3/t16-,17-,19+/m1/s1. The lowest BCUT2D eigenvalue weighted by atomic mass is 9.83. The van der Waals surface area contributed by atoms with Crippen LogP contribution in [0.2, 0.25) is 0 Å². The van der Waals surface area contributed by atoms with Crippen LogP contribution < -0.4 is 0 Å². The van der Waals surface area contributed by atoms with Crippen LogP contribution in [-0.4, -0.2) is 60.5 Å². The zero-order valence-corrected chi connectivity index (χ0v) is 15.4. The number of hydrogen-bond acceptors (Lipinski definition) is 5. The molecule has 2 fully saturated rings. The van der Waals surface area contributed by atoms with E-state index in [1.54, 1.807) is 12.1 Å². The van der Waals surface area contributed by atoms with Crippen LogP contribution in [0.15, 0.2) is 53.1 Å². The van der Waals surface area contributed by atoms with Crippen molar-refractivity contribution in [2.75, 3.05) is 32.8 Å². The highest BCUT2D eigenvalue weighted by Gasteiger charge is 2.49. The van der Waals surface area contributed by atoms with Crippen LogP contribution >= 0.6 is 0 Å². The largest absolute Gasteiger partial charge is 0.466 e. The third-order valence-electron chi connectivity index (χ3n) is 5.61. The Morgan fingerprint density at radius 1 is 1.11 bits per heavy atom. The smallest absolute Gasteiger partial charge is 0.310 e. The zero-order chi connectivity index (χ0) is 18.8. The molecule has 2 saturated heterocycles. The van der Waals surface area contributed by atoms with Gasteiger partial charge in [0.25, 0.3) is 5.91 Å². The molecule has 0 radical (unpaired) electrons. The van der Waals surface area contributed by atoms with E-state index in [-0.39, 0.29) is 29.8 Å². The maximum Gasteiger partial charge on any atom is 0.310 e. The molecule has 0 bridgehead atoms. The normalized spacial score (nSPS) is 25.2. The van der Waals surface area contributed by atoms with Crippen molar-refractivity contribution in [3.8, 4) is 0 Å². The molecule has 0 N–H and O–H groups in total. The molecule has 2 aliphatic rings. The van der Waals surface area contributed by atoms with Gasteiger partial charge in [0.15, 0.2) is 5.76 Å². The van der Waals surface area contributed by atoms with E-state index in [9.17, 15) is 9.59 Å². The predicted octanol–water partition coefficient (Wildman–Crippen LogP) is 2.38. The third kappa shape index (κ3) is 3.37. The second kappa shape index (κ2) is 7.56. The van der Waals surface area contributed by atoms with Crippen LogP contribution in [0.25, 0.3) is 0 Å². The molecule has 0 spiro atoms. The Balaban J connectivity index is 1.60. The maximum absolute atomic E-state index is 12.7. The van der Waals surface area contributed by atoms with Crippen LogP contribution in [0.1, 0.15) is 29.0 Å². The van der Waals surface area contributed by atoms with Crippen molar-refractivity contribution in [1.29, 1.82) is 0 Å². The minimum atomic E-state index is -0.212. The lowest BCUT2D eigenvalue weighted by Gasteiger charge is -2.39. The van der Waals surface area contributed by atoms with Gasteiger partial charge < -0.3 is 14.1 Å². The van der Waals surface area contributed by atoms with Gasteiger partial charge in [0.2, 0.25) is 0 Å². The van der Waals surface area contributed by atoms with Crippen LogP contribution in [-0.2, 0) is 9.53 Å². The maximum atomic E-state index is 12.7. The molecule has 0 saturated carbocycles. The highest BCUT2D eigenvalue weighted by atomic mass is 16.5. The number of ether oxygens (including phenoxy) is 1. The summed E-state index contributed by atoms with van der Waals surface area (Å²) in [6, 6.07) is 13.6. The lowest BCUT2D eigenvalue weighted by molar-refractivity contribution is -0.148. The van der Waals surface area contributed by atoms with E-state index in [2.05, 4.69) is 17.0 Å². The molecule has 1 aromatic heterocycles. The summed E-state index contributed by atoms with van der Waals surface area (Å²) in [6.45, 7) is 4.84. The van der Waals surface area contributed by atoms with Gasteiger partial charge in [0.05, 0.1) is 18.8 Å². The van der Waals surface area contributed by atoms with Gasteiger partial charge in [-0.2, -0.15) is 0 Å². The van der Waals surface area contributed by atoms with Crippen molar-refractivity contribution in [3.63, 3.8) is 0 Å². The Hall–Kier alpha value is -2.60. The van der Waals surface area contributed by atoms with Crippen molar-refractivity contribution in [3.05, 3.63) is 60.1 Å². The van der Waals surface area contributed by atoms with Gasteiger partial charge in [-0.05, 0) is 24.6 Å². The van der Waals surface area contributed by atoms with Crippen LogP contribution in [0.5, 0.6) is 0 Å². The highest BCUT2D eigenvalue weighted by Crippen LogP contribution is 2.40. The van der Waals surface area contributed by atoms with Gasteiger partial charge >= 0.3 is 5.97 Å². The number of esters is 1. The first-order chi connectivity index (χ1) is 13.2. The third-order valence-corrected chi connectivity index (χ3v) is 5.61. The van der Waals surface area contributed by atoms with E-state index >= 15 is 0 Å². The number of fused-ring (bicyclic) bond motifs is 1. The molecule has 3 atom stereocenters. The molecule has 1 amide bonds. The fourth-order valence-corrected chi connectivity index (χ4v) is 4.39. The SMILES string of the molecule is CCOC(=O)[C@@H]1CN2CCN(C(=O)c3ccco3)C[C@@H]2[C@H]1c1ccccc1. The van der Waals surface area contributed by atoms with E-state index in [1.165, 1.54) is 6.26 Å². The molecule has 6 nitrogen and oxygen atoms in total. The molecule has 4 rings (SSSR count). The van der Waals surface area contributed by atoms with Crippen molar-refractivity contribution in [2.24, 2.45) is 5.92 Å².